The van der Waals surface area contributed by atoms with E-state index in [4.69, 9.17) is 0 Å². The Morgan fingerprint density at radius 3 is 2.44 bits per heavy atom. The molecule has 0 bridgehead atoms. The van der Waals surface area contributed by atoms with Gasteiger partial charge in [0, 0.05) is 31.8 Å². The van der Waals surface area contributed by atoms with Gasteiger partial charge in [-0.25, -0.2) is 0 Å². The minimum absolute atomic E-state index is 0.0824. The SMILES string of the molecule is CC.CCC1=C(N2CCNCC2)C(O)C1=O. The summed E-state index contributed by atoms with van der Waals surface area (Å²) in [7, 11) is 0. The van der Waals surface area contributed by atoms with Crippen LogP contribution in [0.3, 0.4) is 0 Å². The van der Waals surface area contributed by atoms with Crippen LogP contribution < -0.4 is 5.32 Å². The van der Waals surface area contributed by atoms with Crippen molar-refractivity contribution in [3.63, 3.8) is 0 Å². The minimum Gasteiger partial charge on any atom is -0.379 e. The average molecular weight is 226 g/mol. The van der Waals surface area contributed by atoms with Gasteiger partial charge in [-0.3, -0.25) is 4.79 Å². The number of carbonyl (C=O) groups is 1. The Kier molecular flexibility index (Phi) is 4.96. The first-order valence-corrected chi connectivity index (χ1v) is 6.16. The topological polar surface area (TPSA) is 52.6 Å². The van der Waals surface area contributed by atoms with Crippen LogP contribution in [0.1, 0.15) is 27.2 Å². The largest absolute Gasteiger partial charge is 0.379 e. The zero-order valence-corrected chi connectivity index (χ0v) is 10.4. The molecule has 0 aromatic heterocycles. The van der Waals surface area contributed by atoms with E-state index >= 15 is 0 Å². The third-order valence-corrected chi connectivity index (χ3v) is 2.93. The molecule has 0 spiro atoms. The third kappa shape index (κ3) is 2.28. The number of ketones is 1. The number of piperazine rings is 1. The van der Waals surface area contributed by atoms with Crippen LogP contribution in [-0.2, 0) is 4.79 Å². The van der Waals surface area contributed by atoms with E-state index in [-0.39, 0.29) is 5.78 Å². The summed E-state index contributed by atoms with van der Waals surface area (Å²) in [6, 6.07) is 0. The molecule has 92 valence electrons. The summed E-state index contributed by atoms with van der Waals surface area (Å²) in [5.74, 6) is -0.0824. The molecule has 4 nitrogen and oxygen atoms in total. The second kappa shape index (κ2) is 6.01. The summed E-state index contributed by atoms with van der Waals surface area (Å²) in [6.45, 7) is 9.61. The predicted octanol–water partition coefficient (Wildman–Crippen LogP) is 0.525. The number of hydrogen-bond donors (Lipinski definition) is 2. The van der Waals surface area contributed by atoms with Gasteiger partial charge in [-0.2, -0.15) is 0 Å². The number of hydrogen-bond acceptors (Lipinski definition) is 4. The lowest BCUT2D eigenvalue weighted by molar-refractivity contribution is -0.126. The molecule has 1 saturated heterocycles. The number of nitrogens with zero attached hydrogens (tertiary/aromatic N) is 1. The minimum atomic E-state index is -0.844. The van der Waals surface area contributed by atoms with E-state index in [1.165, 1.54) is 0 Å². The fourth-order valence-electron chi connectivity index (χ4n) is 2.13. The van der Waals surface area contributed by atoms with Gasteiger partial charge in [-0.1, -0.05) is 20.8 Å². The molecule has 0 saturated carbocycles. The summed E-state index contributed by atoms with van der Waals surface area (Å²) in [6.07, 6.45) is -0.113. The second-order valence-corrected chi connectivity index (χ2v) is 3.72. The fourth-order valence-corrected chi connectivity index (χ4v) is 2.13. The predicted molar refractivity (Wildman–Crippen MR) is 64.1 cm³/mol. The quantitative estimate of drug-likeness (QED) is 0.721. The van der Waals surface area contributed by atoms with Crippen molar-refractivity contribution in [1.82, 2.24) is 10.2 Å². The van der Waals surface area contributed by atoms with Gasteiger partial charge in [0.1, 0.15) is 0 Å². The highest BCUT2D eigenvalue weighted by atomic mass is 16.3. The van der Waals surface area contributed by atoms with Crippen LogP contribution in [0.4, 0.5) is 0 Å². The highest BCUT2D eigenvalue weighted by molar-refractivity contribution is 6.08. The van der Waals surface area contributed by atoms with Gasteiger partial charge in [0.05, 0.1) is 5.70 Å². The van der Waals surface area contributed by atoms with Gasteiger partial charge < -0.3 is 15.3 Å². The Hall–Kier alpha value is -0.870. The van der Waals surface area contributed by atoms with E-state index in [0.717, 1.165) is 43.9 Å². The molecule has 1 heterocycles. The zero-order valence-electron chi connectivity index (χ0n) is 10.4. The zero-order chi connectivity index (χ0) is 12.1. The van der Waals surface area contributed by atoms with E-state index in [1.54, 1.807) is 0 Å². The van der Waals surface area contributed by atoms with Gasteiger partial charge in [0.25, 0.3) is 0 Å². The summed E-state index contributed by atoms with van der Waals surface area (Å²) in [5.41, 5.74) is 1.69. The lowest BCUT2D eigenvalue weighted by atomic mass is 9.86. The molecule has 1 unspecified atom stereocenters. The van der Waals surface area contributed by atoms with Crippen molar-refractivity contribution in [1.29, 1.82) is 0 Å². The van der Waals surface area contributed by atoms with Gasteiger partial charge in [0.15, 0.2) is 11.9 Å². The Morgan fingerprint density at radius 1 is 1.38 bits per heavy atom. The highest BCUT2D eigenvalue weighted by Crippen LogP contribution is 2.30. The molecule has 1 atom stereocenters. The van der Waals surface area contributed by atoms with Crippen molar-refractivity contribution in [3.05, 3.63) is 11.3 Å². The summed E-state index contributed by atoms with van der Waals surface area (Å²) < 4.78 is 0. The Labute approximate surface area is 97.3 Å². The molecule has 1 aliphatic carbocycles. The summed E-state index contributed by atoms with van der Waals surface area (Å²) in [4.78, 5) is 13.4. The number of aliphatic hydroxyl groups excluding tert-OH is 1. The van der Waals surface area contributed by atoms with E-state index < -0.39 is 6.10 Å². The maximum Gasteiger partial charge on any atom is 0.195 e. The molecule has 2 rings (SSSR count). The van der Waals surface area contributed by atoms with E-state index in [0.29, 0.717) is 0 Å². The number of nitrogens with one attached hydrogen (secondary N) is 1. The molecule has 0 radical (unpaired) electrons. The lowest BCUT2D eigenvalue weighted by Crippen LogP contribution is -2.51. The van der Waals surface area contributed by atoms with Crippen LogP contribution in [0.2, 0.25) is 0 Å². The van der Waals surface area contributed by atoms with Crippen LogP contribution in [0, 0.1) is 0 Å². The Balaban J connectivity index is 0.000000606. The van der Waals surface area contributed by atoms with Crippen LogP contribution in [0.25, 0.3) is 0 Å². The number of carbonyl (C=O) groups excluding carboxylic acids is 1. The first-order chi connectivity index (χ1) is 7.75. The van der Waals surface area contributed by atoms with E-state index in [1.807, 2.05) is 20.8 Å². The average Bonchev–Trinajstić information content (AvgIpc) is 2.37. The second-order valence-electron chi connectivity index (χ2n) is 3.72. The molecule has 0 aromatic rings. The molecule has 4 heteroatoms. The molecule has 2 aliphatic rings. The van der Waals surface area contributed by atoms with Crippen molar-refractivity contribution >= 4 is 5.78 Å². The smallest absolute Gasteiger partial charge is 0.195 e. The van der Waals surface area contributed by atoms with E-state index in [9.17, 15) is 9.90 Å². The number of rotatable bonds is 2. The first kappa shape index (κ1) is 13.2. The highest BCUT2D eigenvalue weighted by Gasteiger charge is 2.39. The monoisotopic (exact) mass is 226 g/mol. The van der Waals surface area contributed by atoms with Crippen LogP contribution >= 0.6 is 0 Å². The Morgan fingerprint density at radius 2 is 1.94 bits per heavy atom. The van der Waals surface area contributed by atoms with Crippen molar-refractivity contribution in [3.8, 4) is 0 Å². The van der Waals surface area contributed by atoms with Crippen molar-refractivity contribution in [2.45, 2.75) is 33.3 Å². The maximum atomic E-state index is 11.3. The molecule has 0 aromatic carbocycles. The molecule has 1 aliphatic heterocycles. The fraction of sp³-hybridized carbons (Fsp3) is 0.750. The lowest BCUT2D eigenvalue weighted by Gasteiger charge is -2.39. The van der Waals surface area contributed by atoms with Crippen LogP contribution in [0.15, 0.2) is 11.3 Å². The molecule has 16 heavy (non-hydrogen) atoms. The van der Waals surface area contributed by atoms with E-state index in [2.05, 4.69) is 10.2 Å². The van der Waals surface area contributed by atoms with Crippen molar-refractivity contribution < 1.29 is 9.90 Å². The Bertz CT molecular complexity index is 281. The van der Waals surface area contributed by atoms with Gasteiger partial charge >= 0.3 is 0 Å². The van der Waals surface area contributed by atoms with Crippen molar-refractivity contribution in [2.24, 2.45) is 0 Å². The first-order valence-electron chi connectivity index (χ1n) is 6.16. The third-order valence-electron chi connectivity index (χ3n) is 2.93. The molecular weight excluding hydrogens is 204 g/mol. The molecular formula is C12H22N2O2. The molecule has 0 amide bonds. The number of Topliss-reactive ketones (excluding diaryl/α,β-unsaturated/α-hetero) is 1. The normalized spacial score (nSPS) is 24.9. The maximum absolute atomic E-state index is 11.3. The summed E-state index contributed by atoms with van der Waals surface area (Å²) in [5, 5.41) is 12.8. The van der Waals surface area contributed by atoms with Crippen LogP contribution in [0.5, 0.6) is 0 Å². The standard InChI is InChI=1S/C10H16N2O2.C2H6/c1-2-7-8(10(14)9(7)13)12-5-3-11-4-6-12;1-2/h10-11,14H,2-6H2,1H3;1-2H3. The molecule has 1 fully saturated rings. The summed E-state index contributed by atoms with van der Waals surface area (Å²) >= 11 is 0. The van der Waals surface area contributed by atoms with Crippen molar-refractivity contribution in [2.75, 3.05) is 26.2 Å². The van der Waals surface area contributed by atoms with Crippen LogP contribution in [-0.4, -0.2) is 48.1 Å². The number of aliphatic hydroxyl groups is 1. The van der Waals surface area contributed by atoms with Gasteiger partial charge in [-0.05, 0) is 6.42 Å². The van der Waals surface area contributed by atoms with Gasteiger partial charge in [0.2, 0.25) is 0 Å². The molecule has 2 N–H and O–H groups in total. The van der Waals surface area contributed by atoms with Gasteiger partial charge in [-0.15, -0.1) is 0 Å².